The Morgan fingerprint density at radius 1 is 0.938 bits per heavy atom. The standard InChI is InChI=1S/C28H33NO3/c1-5-31-27-14-13-24(18-25(27)19-32-26-16-20(2)15-21(3)17-26)28(30)29-22(4)11-12-23-9-7-6-8-10-23/h6-10,13-18,22H,5,11-12,19H2,1-4H3,(H,29,30)/t22-/m0/s1. The van der Waals surface area contributed by atoms with E-state index in [-0.39, 0.29) is 11.9 Å². The summed E-state index contributed by atoms with van der Waals surface area (Å²) in [6, 6.07) is 22.1. The van der Waals surface area contributed by atoms with E-state index in [1.807, 2.05) is 62.4 Å². The summed E-state index contributed by atoms with van der Waals surface area (Å²) < 4.78 is 11.8. The molecule has 4 heteroatoms. The number of hydrogen-bond acceptors (Lipinski definition) is 3. The predicted molar refractivity (Wildman–Crippen MR) is 130 cm³/mol. The first-order valence-electron chi connectivity index (χ1n) is 11.3. The lowest BCUT2D eigenvalue weighted by molar-refractivity contribution is 0.0938. The summed E-state index contributed by atoms with van der Waals surface area (Å²) in [5.74, 6) is 1.47. The SMILES string of the molecule is CCOc1ccc(C(=O)N[C@@H](C)CCc2ccccc2)cc1COc1cc(C)cc(C)c1. The third-order valence-electron chi connectivity index (χ3n) is 5.30. The minimum absolute atomic E-state index is 0.0734. The molecule has 0 saturated heterocycles. The molecule has 0 fully saturated rings. The van der Waals surface area contributed by atoms with Crippen molar-refractivity contribution in [1.29, 1.82) is 0 Å². The number of benzene rings is 3. The molecule has 0 unspecified atom stereocenters. The van der Waals surface area contributed by atoms with Gasteiger partial charge in [0.1, 0.15) is 18.1 Å². The Bertz CT molecular complexity index is 1010. The Balaban J connectivity index is 1.66. The third-order valence-corrected chi connectivity index (χ3v) is 5.30. The molecule has 168 valence electrons. The molecule has 32 heavy (non-hydrogen) atoms. The van der Waals surface area contributed by atoms with Crippen molar-refractivity contribution in [2.75, 3.05) is 6.61 Å². The zero-order chi connectivity index (χ0) is 22.9. The van der Waals surface area contributed by atoms with Crippen LogP contribution in [0.3, 0.4) is 0 Å². The number of nitrogens with one attached hydrogen (secondary N) is 1. The van der Waals surface area contributed by atoms with Crippen LogP contribution in [0, 0.1) is 13.8 Å². The molecule has 0 radical (unpaired) electrons. The lowest BCUT2D eigenvalue weighted by atomic mass is 10.1. The van der Waals surface area contributed by atoms with E-state index in [4.69, 9.17) is 9.47 Å². The summed E-state index contributed by atoms with van der Waals surface area (Å²) in [4.78, 5) is 12.9. The van der Waals surface area contributed by atoms with Crippen molar-refractivity contribution in [3.8, 4) is 11.5 Å². The van der Waals surface area contributed by atoms with Gasteiger partial charge in [-0.15, -0.1) is 0 Å². The molecule has 0 aliphatic heterocycles. The van der Waals surface area contributed by atoms with E-state index in [0.29, 0.717) is 18.8 Å². The van der Waals surface area contributed by atoms with Gasteiger partial charge in [-0.25, -0.2) is 0 Å². The second-order valence-corrected chi connectivity index (χ2v) is 8.27. The van der Waals surface area contributed by atoms with E-state index in [9.17, 15) is 4.79 Å². The number of carbonyl (C=O) groups is 1. The van der Waals surface area contributed by atoms with E-state index in [2.05, 4.69) is 37.4 Å². The lowest BCUT2D eigenvalue weighted by Crippen LogP contribution is -2.33. The number of rotatable bonds is 10. The van der Waals surface area contributed by atoms with Crippen molar-refractivity contribution in [1.82, 2.24) is 5.32 Å². The van der Waals surface area contributed by atoms with E-state index in [0.717, 1.165) is 41.0 Å². The van der Waals surface area contributed by atoms with Crippen molar-refractivity contribution in [3.63, 3.8) is 0 Å². The van der Waals surface area contributed by atoms with Gasteiger partial charge in [0.2, 0.25) is 0 Å². The Morgan fingerprint density at radius 3 is 2.34 bits per heavy atom. The molecule has 0 aliphatic rings. The fourth-order valence-corrected chi connectivity index (χ4v) is 3.71. The second kappa shape index (κ2) is 11.4. The highest BCUT2D eigenvalue weighted by Gasteiger charge is 2.14. The molecule has 0 spiro atoms. The molecule has 0 bridgehead atoms. The Kier molecular flexibility index (Phi) is 8.32. The van der Waals surface area contributed by atoms with Crippen molar-refractivity contribution < 1.29 is 14.3 Å². The molecule has 3 aromatic rings. The maximum Gasteiger partial charge on any atom is 0.251 e. The molecule has 0 aliphatic carbocycles. The van der Waals surface area contributed by atoms with E-state index in [1.54, 1.807) is 0 Å². The summed E-state index contributed by atoms with van der Waals surface area (Å²) in [6.45, 7) is 8.98. The Labute approximate surface area is 191 Å². The molecule has 0 heterocycles. The molecule has 3 rings (SSSR count). The quantitative estimate of drug-likeness (QED) is 0.426. The first-order chi connectivity index (χ1) is 15.4. The summed E-state index contributed by atoms with van der Waals surface area (Å²) in [6.07, 6.45) is 1.82. The van der Waals surface area contributed by atoms with Crippen LogP contribution in [0.25, 0.3) is 0 Å². The number of hydrogen-bond donors (Lipinski definition) is 1. The third kappa shape index (κ3) is 6.88. The lowest BCUT2D eigenvalue weighted by Gasteiger charge is -2.16. The van der Waals surface area contributed by atoms with Gasteiger partial charge in [0, 0.05) is 17.2 Å². The molecule has 4 nitrogen and oxygen atoms in total. The molecule has 1 atom stereocenters. The van der Waals surface area contributed by atoms with Gasteiger partial charge < -0.3 is 14.8 Å². The zero-order valence-electron chi connectivity index (χ0n) is 19.5. The molecule has 0 saturated carbocycles. The smallest absolute Gasteiger partial charge is 0.251 e. The maximum absolute atomic E-state index is 12.9. The van der Waals surface area contributed by atoms with Crippen LogP contribution in [-0.4, -0.2) is 18.6 Å². The Morgan fingerprint density at radius 2 is 1.66 bits per heavy atom. The minimum atomic E-state index is -0.0822. The number of carbonyl (C=O) groups excluding carboxylic acids is 1. The fourth-order valence-electron chi connectivity index (χ4n) is 3.71. The van der Waals surface area contributed by atoms with Crippen LogP contribution in [0.5, 0.6) is 11.5 Å². The van der Waals surface area contributed by atoms with Gasteiger partial charge in [0.25, 0.3) is 5.91 Å². The number of aryl methyl sites for hydroxylation is 3. The van der Waals surface area contributed by atoms with Crippen molar-refractivity contribution >= 4 is 5.91 Å². The molecule has 1 amide bonds. The van der Waals surface area contributed by atoms with Crippen LogP contribution >= 0.6 is 0 Å². The van der Waals surface area contributed by atoms with Crippen LogP contribution in [-0.2, 0) is 13.0 Å². The van der Waals surface area contributed by atoms with Crippen LogP contribution in [0.4, 0.5) is 0 Å². The molecular weight excluding hydrogens is 398 g/mol. The number of ether oxygens (including phenoxy) is 2. The van der Waals surface area contributed by atoms with Gasteiger partial charge >= 0.3 is 0 Å². The fraction of sp³-hybridized carbons (Fsp3) is 0.321. The molecular formula is C28H33NO3. The first kappa shape index (κ1) is 23.4. The minimum Gasteiger partial charge on any atom is -0.493 e. The monoisotopic (exact) mass is 431 g/mol. The largest absolute Gasteiger partial charge is 0.493 e. The topological polar surface area (TPSA) is 47.6 Å². The number of amides is 1. The first-order valence-corrected chi connectivity index (χ1v) is 11.3. The van der Waals surface area contributed by atoms with Gasteiger partial charge in [-0.1, -0.05) is 36.4 Å². The van der Waals surface area contributed by atoms with Gasteiger partial charge in [-0.2, -0.15) is 0 Å². The van der Waals surface area contributed by atoms with Crippen molar-refractivity contribution in [2.45, 2.75) is 53.2 Å². The van der Waals surface area contributed by atoms with Crippen LogP contribution in [0.1, 0.15) is 52.9 Å². The van der Waals surface area contributed by atoms with Crippen molar-refractivity contribution in [2.24, 2.45) is 0 Å². The average molecular weight is 432 g/mol. The van der Waals surface area contributed by atoms with E-state index < -0.39 is 0 Å². The highest BCUT2D eigenvalue weighted by molar-refractivity contribution is 5.94. The van der Waals surface area contributed by atoms with Crippen LogP contribution in [0.2, 0.25) is 0 Å². The highest BCUT2D eigenvalue weighted by atomic mass is 16.5. The van der Waals surface area contributed by atoms with Gasteiger partial charge in [0.05, 0.1) is 6.61 Å². The van der Waals surface area contributed by atoms with E-state index in [1.165, 1.54) is 5.56 Å². The molecule has 1 N–H and O–H groups in total. The van der Waals surface area contributed by atoms with Crippen molar-refractivity contribution in [3.05, 3.63) is 94.5 Å². The summed E-state index contributed by atoms with van der Waals surface area (Å²) in [5.41, 5.74) is 5.06. The highest BCUT2D eigenvalue weighted by Crippen LogP contribution is 2.24. The second-order valence-electron chi connectivity index (χ2n) is 8.27. The summed E-state index contributed by atoms with van der Waals surface area (Å²) in [7, 11) is 0. The van der Waals surface area contributed by atoms with E-state index >= 15 is 0 Å². The average Bonchev–Trinajstić information content (AvgIpc) is 2.77. The van der Waals surface area contributed by atoms with Gasteiger partial charge in [-0.05, 0) is 87.6 Å². The predicted octanol–water partition coefficient (Wildman–Crippen LogP) is 6.03. The molecule has 0 aromatic heterocycles. The zero-order valence-corrected chi connectivity index (χ0v) is 19.5. The maximum atomic E-state index is 12.9. The normalized spacial score (nSPS) is 11.6. The van der Waals surface area contributed by atoms with Gasteiger partial charge in [-0.3, -0.25) is 4.79 Å². The van der Waals surface area contributed by atoms with Crippen LogP contribution in [0.15, 0.2) is 66.7 Å². The Hall–Kier alpha value is -3.27. The molecule has 3 aromatic carbocycles. The van der Waals surface area contributed by atoms with Crippen LogP contribution < -0.4 is 14.8 Å². The summed E-state index contributed by atoms with van der Waals surface area (Å²) in [5, 5.41) is 3.11. The van der Waals surface area contributed by atoms with Gasteiger partial charge in [0.15, 0.2) is 0 Å². The summed E-state index contributed by atoms with van der Waals surface area (Å²) >= 11 is 0.